The van der Waals surface area contributed by atoms with Crippen LogP contribution < -0.4 is 15.4 Å². The Morgan fingerprint density at radius 1 is 1.16 bits per heavy atom. The number of hydrogen-bond acceptors (Lipinski definition) is 3. The van der Waals surface area contributed by atoms with Crippen LogP contribution in [0.5, 0.6) is 5.75 Å². The number of halogens is 2. The molecule has 0 bridgehead atoms. The number of nitrogens with one attached hydrogen (secondary N) is 2. The van der Waals surface area contributed by atoms with Gasteiger partial charge in [0.25, 0.3) is 0 Å². The van der Waals surface area contributed by atoms with Crippen LogP contribution in [0.1, 0.15) is 23.9 Å². The van der Waals surface area contributed by atoms with Gasteiger partial charge < -0.3 is 19.9 Å². The monoisotopic (exact) mass is 537 g/mol. The average Bonchev–Trinajstić information content (AvgIpc) is 3.14. The van der Waals surface area contributed by atoms with Crippen LogP contribution in [0, 0.1) is 12.7 Å². The molecular weight excluding hydrogens is 508 g/mol. The second kappa shape index (κ2) is 12.3. The number of benzene rings is 2. The van der Waals surface area contributed by atoms with Gasteiger partial charge in [0.05, 0.1) is 6.54 Å². The van der Waals surface area contributed by atoms with E-state index >= 15 is 0 Å². The van der Waals surface area contributed by atoms with Crippen molar-refractivity contribution in [1.82, 2.24) is 20.2 Å². The van der Waals surface area contributed by atoms with Crippen molar-refractivity contribution in [3.05, 3.63) is 83.7 Å². The molecular formula is C23H29FIN5O. The lowest BCUT2D eigenvalue weighted by molar-refractivity contribution is 0.223. The molecule has 3 aromatic rings. The number of aliphatic imine (C=N–C) groups is 1. The fourth-order valence-corrected chi connectivity index (χ4v) is 3.04. The van der Waals surface area contributed by atoms with E-state index in [-0.39, 0.29) is 35.9 Å². The van der Waals surface area contributed by atoms with Gasteiger partial charge in [-0.3, -0.25) is 4.99 Å². The van der Waals surface area contributed by atoms with Gasteiger partial charge in [0.1, 0.15) is 23.5 Å². The molecule has 0 spiro atoms. The number of hydrogen-bond donors (Lipinski definition) is 2. The van der Waals surface area contributed by atoms with Gasteiger partial charge in [0, 0.05) is 32.5 Å². The molecule has 0 radical (unpaired) electrons. The Morgan fingerprint density at radius 3 is 2.58 bits per heavy atom. The van der Waals surface area contributed by atoms with E-state index in [0.717, 1.165) is 12.4 Å². The van der Waals surface area contributed by atoms with Gasteiger partial charge in [-0.2, -0.15) is 0 Å². The molecule has 8 heteroatoms. The molecule has 166 valence electrons. The van der Waals surface area contributed by atoms with Crippen LogP contribution in [0.15, 0.2) is 65.9 Å². The number of aromatic nitrogens is 2. The second-order valence-corrected chi connectivity index (χ2v) is 7.11. The summed E-state index contributed by atoms with van der Waals surface area (Å²) in [6, 6.07) is 14.5. The Bertz CT molecular complexity index is 974. The molecule has 0 aliphatic rings. The summed E-state index contributed by atoms with van der Waals surface area (Å²) in [5, 5.41) is 6.58. The molecule has 31 heavy (non-hydrogen) atoms. The predicted octanol–water partition coefficient (Wildman–Crippen LogP) is 4.13. The lowest BCUT2D eigenvalue weighted by Gasteiger charge is -2.18. The topological polar surface area (TPSA) is 63.5 Å². The Balaban J connectivity index is 0.00000341. The van der Waals surface area contributed by atoms with Crippen molar-refractivity contribution >= 4 is 29.9 Å². The highest BCUT2D eigenvalue weighted by molar-refractivity contribution is 14.0. The molecule has 1 heterocycles. The standard InChI is InChI=1S/C23H28FN5O.HI/c1-17(30-22-9-7-21(24)8-10-22)14-27-23(25-3)28-15-19-5-4-6-20(13-19)16-29-12-11-26-18(29)2;/h4-13,17H,14-16H2,1-3H3,(H2,25,27,28);1H. The molecule has 1 unspecified atom stereocenters. The maximum atomic E-state index is 13.0. The highest BCUT2D eigenvalue weighted by Gasteiger charge is 2.07. The molecule has 2 N–H and O–H groups in total. The molecule has 1 atom stereocenters. The average molecular weight is 537 g/mol. The van der Waals surface area contributed by atoms with Crippen LogP contribution in [0.25, 0.3) is 0 Å². The van der Waals surface area contributed by atoms with Crippen LogP contribution in [0.4, 0.5) is 4.39 Å². The van der Waals surface area contributed by atoms with E-state index in [0.29, 0.717) is 24.8 Å². The van der Waals surface area contributed by atoms with Gasteiger partial charge in [-0.05, 0) is 49.2 Å². The van der Waals surface area contributed by atoms with E-state index in [4.69, 9.17) is 4.74 Å². The smallest absolute Gasteiger partial charge is 0.191 e. The number of ether oxygens (including phenoxy) is 1. The maximum absolute atomic E-state index is 13.0. The molecule has 0 amide bonds. The van der Waals surface area contributed by atoms with Crippen LogP contribution in [-0.2, 0) is 13.1 Å². The first-order valence-electron chi connectivity index (χ1n) is 9.96. The first-order valence-corrected chi connectivity index (χ1v) is 9.96. The second-order valence-electron chi connectivity index (χ2n) is 7.11. The number of nitrogens with zero attached hydrogens (tertiary/aromatic N) is 3. The largest absolute Gasteiger partial charge is 0.489 e. The molecule has 0 saturated heterocycles. The third-order valence-electron chi connectivity index (χ3n) is 4.66. The maximum Gasteiger partial charge on any atom is 0.191 e. The minimum atomic E-state index is -0.276. The summed E-state index contributed by atoms with van der Waals surface area (Å²) in [5.74, 6) is 2.06. The normalized spacial score (nSPS) is 12.1. The summed E-state index contributed by atoms with van der Waals surface area (Å²) in [6.07, 6.45) is 3.70. The summed E-state index contributed by atoms with van der Waals surface area (Å²) >= 11 is 0. The van der Waals surface area contributed by atoms with Crippen molar-refractivity contribution < 1.29 is 9.13 Å². The van der Waals surface area contributed by atoms with E-state index in [2.05, 4.69) is 49.4 Å². The zero-order chi connectivity index (χ0) is 21.3. The van der Waals surface area contributed by atoms with Crippen LogP contribution in [0.2, 0.25) is 0 Å². The summed E-state index contributed by atoms with van der Waals surface area (Å²) in [6.45, 7) is 5.97. The van der Waals surface area contributed by atoms with Crippen LogP contribution in [0.3, 0.4) is 0 Å². The van der Waals surface area contributed by atoms with E-state index in [1.165, 1.54) is 23.3 Å². The quantitative estimate of drug-likeness (QED) is 0.258. The van der Waals surface area contributed by atoms with Gasteiger partial charge in [0.15, 0.2) is 5.96 Å². The number of guanidine groups is 1. The molecule has 3 rings (SSSR count). The Morgan fingerprint density at radius 2 is 1.90 bits per heavy atom. The first-order chi connectivity index (χ1) is 14.5. The van der Waals surface area contributed by atoms with Gasteiger partial charge in [0.2, 0.25) is 0 Å². The van der Waals surface area contributed by atoms with Crippen molar-refractivity contribution in [2.75, 3.05) is 13.6 Å². The fourth-order valence-electron chi connectivity index (χ4n) is 3.04. The zero-order valence-electron chi connectivity index (χ0n) is 18.0. The first kappa shape index (κ1) is 24.6. The highest BCUT2D eigenvalue weighted by atomic mass is 127. The summed E-state index contributed by atoms with van der Waals surface area (Å²) in [5.41, 5.74) is 2.39. The van der Waals surface area contributed by atoms with E-state index in [9.17, 15) is 4.39 Å². The molecule has 0 fully saturated rings. The number of imidazole rings is 1. The highest BCUT2D eigenvalue weighted by Crippen LogP contribution is 2.13. The summed E-state index contributed by atoms with van der Waals surface area (Å²) in [7, 11) is 1.74. The van der Waals surface area contributed by atoms with E-state index in [1.54, 1.807) is 19.2 Å². The SMILES string of the molecule is CN=C(NCc1cccc(Cn2ccnc2C)c1)NCC(C)Oc1ccc(F)cc1.I. The van der Waals surface area contributed by atoms with Crippen molar-refractivity contribution in [2.24, 2.45) is 4.99 Å². The van der Waals surface area contributed by atoms with Crippen LogP contribution in [-0.4, -0.2) is 35.2 Å². The fraction of sp³-hybridized carbons (Fsp3) is 0.304. The molecule has 1 aromatic heterocycles. The molecule has 0 aliphatic carbocycles. The Labute approximate surface area is 200 Å². The van der Waals surface area contributed by atoms with Gasteiger partial charge in [-0.25, -0.2) is 9.37 Å². The van der Waals surface area contributed by atoms with Crippen molar-refractivity contribution in [1.29, 1.82) is 0 Å². The lowest BCUT2D eigenvalue weighted by atomic mass is 10.1. The van der Waals surface area contributed by atoms with Crippen molar-refractivity contribution in [3.8, 4) is 5.75 Å². The minimum Gasteiger partial charge on any atom is -0.489 e. The summed E-state index contributed by atoms with van der Waals surface area (Å²) in [4.78, 5) is 8.54. The van der Waals surface area contributed by atoms with Gasteiger partial charge in [-0.1, -0.05) is 24.3 Å². The Hall–Kier alpha value is -2.62. The molecule has 0 aliphatic heterocycles. The van der Waals surface area contributed by atoms with Crippen LogP contribution >= 0.6 is 24.0 Å². The zero-order valence-corrected chi connectivity index (χ0v) is 20.3. The van der Waals surface area contributed by atoms with E-state index < -0.39 is 0 Å². The number of rotatable bonds is 8. The van der Waals surface area contributed by atoms with E-state index in [1.807, 2.05) is 26.2 Å². The van der Waals surface area contributed by atoms with Crippen molar-refractivity contribution in [2.45, 2.75) is 33.0 Å². The van der Waals surface area contributed by atoms with Crippen molar-refractivity contribution in [3.63, 3.8) is 0 Å². The molecule has 6 nitrogen and oxygen atoms in total. The molecule has 0 saturated carbocycles. The molecule has 2 aromatic carbocycles. The summed E-state index contributed by atoms with van der Waals surface area (Å²) < 4.78 is 20.9. The number of aryl methyl sites for hydroxylation is 1. The Kier molecular flexibility index (Phi) is 9.77. The predicted molar refractivity (Wildman–Crippen MR) is 133 cm³/mol. The van der Waals surface area contributed by atoms with Gasteiger partial charge in [-0.15, -0.1) is 24.0 Å². The lowest BCUT2D eigenvalue weighted by Crippen LogP contribution is -2.41. The third-order valence-corrected chi connectivity index (χ3v) is 4.66. The minimum absolute atomic E-state index is 0. The third kappa shape index (κ3) is 7.86. The van der Waals surface area contributed by atoms with Gasteiger partial charge >= 0.3 is 0 Å².